The van der Waals surface area contributed by atoms with Crippen LogP contribution in [0.1, 0.15) is 40.1 Å². The number of rotatable bonds is 18. The molecule has 6 rings (SSSR count). The molecule has 4 aromatic carbocycles. The van der Waals surface area contributed by atoms with Gasteiger partial charge in [-0.15, -0.1) is 22.7 Å². The molecule has 0 aliphatic heterocycles. The van der Waals surface area contributed by atoms with Crippen molar-refractivity contribution in [2.24, 2.45) is 10.2 Å². The van der Waals surface area contributed by atoms with E-state index >= 15 is 0 Å². The molecule has 0 spiro atoms. The zero-order valence-electron chi connectivity index (χ0n) is 28.2. The molecule has 2 aromatic heterocycles. The van der Waals surface area contributed by atoms with E-state index in [0.29, 0.717) is 13.2 Å². The van der Waals surface area contributed by atoms with Crippen molar-refractivity contribution >= 4 is 57.6 Å². The Labute approximate surface area is 308 Å². The van der Waals surface area contributed by atoms with E-state index in [-0.39, 0.29) is 0 Å². The molecule has 0 radical (unpaired) electrons. The number of hydrogen-bond donors (Lipinski definition) is 2. The summed E-state index contributed by atoms with van der Waals surface area (Å²) in [5.74, 6) is 1.69. The molecule has 2 N–H and O–H groups in total. The lowest BCUT2D eigenvalue weighted by molar-refractivity contribution is 0.279. The third-order valence-electron chi connectivity index (χ3n) is 7.68. The number of thiophene rings is 2. The Balaban J connectivity index is 0.942. The lowest BCUT2D eigenvalue weighted by Crippen LogP contribution is -2.03. The van der Waals surface area contributed by atoms with E-state index in [1.165, 1.54) is 9.75 Å². The fraction of sp³-hybridized carbons (Fsp3) is 0.116. The average Bonchev–Trinajstić information content (AvgIpc) is 3.91. The number of unbranched alkanes of at least 4 members (excludes halogenated alkanes) is 2. The number of hydrogen-bond acceptors (Lipinski definition) is 8. The fourth-order valence-electron chi connectivity index (χ4n) is 4.97. The highest BCUT2D eigenvalue weighted by Crippen LogP contribution is 2.19. The monoisotopic (exact) mass is 708 g/mol. The van der Waals surface area contributed by atoms with Crippen LogP contribution in [0.3, 0.4) is 0 Å². The first-order valence-corrected chi connectivity index (χ1v) is 18.7. The van der Waals surface area contributed by atoms with Gasteiger partial charge >= 0.3 is 0 Å². The molecule has 256 valence electrons. The Morgan fingerprint density at radius 1 is 0.490 bits per heavy atom. The smallest absolute Gasteiger partial charge is 0.119 e. The van der Waals surface area contributed by atoms with Gasteiger partial charge in [-0.1, -0.05) is 48.5 Å². The van der Waals surface area contributed by atoms with E-state index in [9.17, 15) is 0 Å². The minimum Gasteiger partial charge on any atom is -0.494 e. The van der Waals surface area contributed by atoms with Crippen LogP contribution < -0.4 is 20.3 Å². The highest BCUT2D eigenvalue weighted by atomic mass is 32.1. The maximum Gasteiger partial charge on any atom is 0.119 e. The predicted molar refractivity (Wildman–Crippen MR) is 218 cm³/mol. The largest absolute Gasteiger partial charge is 0.494 e. The molecule has 0 amide bonds. The van der Waals surface area contributed by atoms with Crippen molar-refractivity contribution in [3.05, 3.63) is 177 Å². The molecule has 0 fully saturated rings. The molecule has 6 nitrogen and oxygen atoms in total. The molecule has 8 heteroatoms. The van der Waals surface area contributed by atoms with Crippen LogP contribution in [0.4, 0.5) is 11.4 Å². The molecular formula is C43H40N4O2S2. The molecule has 2 heterocycles. The van der Waals surface area contributed by atoms with Crippen molar-refractivity contribution in [1.29, 1.82) is 0 Å². The Bertz CT molecular complexity index is 1840. The van der Waals surface area contributed by atoms with Crippen molar-refractivity contribution in [2.45, 2.75) is 19.3 Å². The summed E-state index contributed by atoms with van der Waals surface area (Å²) in [7, 11) is 0. The summed E-state index contributed by atoms with van der Waals surface area (Å²) in [6.45, 7) is 1.31. The zero-order chi connectivity index (χ0) is 34.8. The van der Waals surface area contributed by atoms with Crippen LogP contribution in [0.5, 0.6) is 11.5 Å². The third-order valence-corrected chi connectivity index (χ3v) is 9.36. The predicted octanol–water partition coefficient (Wildman–Crippen LogP) is 11.5. The number of nitrogens with one attached hydrogen (secondary N) is 2. The maximum absolute atomic E-state index is 6.05. The van der Waals surface area contributed by atoms with E-state index in [1.807, 2.05) is 133 Å². The highest BCUT2D eigenvalue weighted by Gasteiger charge is 2.05. The molecule has 0 atom stereocenters. The topological polar surface area (TPSA) is 67.2 Å². The molecule has 6 aromatic rings. The second-order valence-electron chi connectivity index (χ2n) is 11.5. The number of para-hydroxylation sites is 2. The van der Waals surface area contributed by atoms with Crippen molar-refractivity contribution in [3.63, 3.8) is 0 Å². The van der Waals surface area contributed by atoms with Crippen molar-refractivity contribution in [1.82, 2.24) is 0 Å². The number of nitrogens with zero attached hydrogens (tertiary/aromatic N) is 2. The summed E-state index contributed by atoms with van der Waals surface area (Å²) in [5, 5.41) is 13.5. The quantitative estimate of drug-likeness (QED) is 0.0530. The third kappa shape index (κ3) is 11.7. The Hall–Kier alpha value is -5.70. The molecule has 0 saturated carbocycles. The van der Waals surface area contributed by atoms with Crippen molar-refractivity contribution in [2.75, 3.05) is 24.1 Å². The van der Waals surface area contributed by atoms with Crippen LogP contribution >= 0.6 is 22.7 Å². The molecule has 0 bridgehead atoms. The summed E-state index contributed by atoms with van der Waals surface area (Å²) in [6.07, 6.45) is 11.2. The van der Waals surface area contributed by atoms with E-state index in [2.05, 4.69) is 56.1 Å². The summed E-state index contributed by atoms with van der Waals surface area (Å²) in [5.41, 5.74) is 11.9. The van der Waals surface area contributed by atoms with Gasteiger partial charge in [0.05, 0.1) is 36.0 Å². The fourth-order valence-corrected chi connectivity index (χ4v) is 6.21. The van der Waals surface area contributed by atoms with Crippen molar-refractivity contribution in [3.8, 4) is 11.5 Å². The summed E-state index contributed by atoms with van der Waals surface area (Å²) in [6, 6.07) is 44.4. The summed E-state index contributed by atoms with van der Waals surface area (Å²) < 4.78 is 12.1. The number of hydrazone groups is 2. The molecule has 0 aliphatic carbocycles. The van der Waals surface area contributed by atoms with E-state index in [4.69, 9.17) is 9.47 Å². The minimum absolute atomic E-state index is 0.654. The highest BCUT2D eigenvalue weighted by molar-refractivity contribution is 7.11. The van der Waals surface area contributed by atoms with Gasteiger partial charge in [-0.2, -0.15) is 10.2 Å². The van der Waals surface area contributed by atoms with Gasteiger partial charge in [-0.3, -0.25) is 10.9 Å². The maximum atomic E-state index is 6.05. The van der Waals surface area contributed by atoms with E-state index in [1.54, 1.807) is 22.7 Å². The second-order valence-corrected chi connectivity index (χ2v) is 13.4. The zero-order valence-corrected chi connectivity index (χ0v) is 29.9. The summed E-state index contributed by atoms with van der Waals surface area (Å²) in [4.78, 5) is 2.35. The lowest BCUT2D eigenvalue weighted by Gasteiger charge is -2.09. The number of benzene rings is 4. The van der Waals surface area contributed by atoms with Crippen LogP contribution in [0.25, 0.3) is 12.2 Å². The van der Waals surface area contributed by atoms with Crippen molar-refractivity contribution < 1.29 is 9.47 Å². The number of anilines is 2. The molecule has 0 saturated heterocycles. The van der Waals surface area contributed by atoms with Crippen LogP contribution in [0.2, 0.25) is 0 Å². The number of ether oxygens (including phenoxy) is 2. The molecule has 0 unspecified atom stereocenters. The average molecular weight is 709 g/mol. The van der Waals surface area contributed by atoms with Gasteiger partial charge in [0.15, 0.2) is 0 Å². The first-order chi connectivity index (χ1) is 25.3. The van der Waals surface area contributed by atoms with E-state index < -0.39 is 0 Å². The second kappa shape index (κ2) is 19.5. The van der Waals surface area contributed by atoms with Gasteiger partial charge in [0.25, 0.3) is 0 Å². The molecular weight excluding hydrogens is 669 g/mol. The first kappa shape index (κ1) is 35.1. The standard InChI is InChI=1S/C43H40N4O2S2/c1-4-12-36(13-5-1)44-46-42(28-26-40-16-10-32-50-40)34-18-22-38(23-19-34)48-30-8-3-9-31-49-39-24-20-35(21-25-39)43(29-27-41-17-11-33-51-41)47-45-37-14-6-2-7-15-37/h1-2,4-7,10-29,32-33,44-45H,3,8-9,30-31H2/b28-26+,29-27+,46-42+,47-43+. The molecule has 51 heavy (non-hydrogen) atoms. The van der Waals surface area contributed by atoms with Crippen LogP contribution in [0, 0.1) is 0 Å². The SMILES string of the molecule is C(=C\c1cccs1)/C(=N\Nc1ccccc1)c1ccc(OCCCCCOc2ccc(C(/C=C/c3cccs3)=N/Nc3ccccc3)cc2)cc1. The van der Waals surface area contributed by atoms with Gasteiger partial charge in [0.1, 0.15) is 11.5 Å². The van der Waals surface area contributed by atoms with E-state index in [0.717, 1.165) is 64.7 Å². The minimum atomic E-state index is 0.654. The van der Waals surface area contributed by atoms with Crippen LogP contribution in [-0.2, 0) is 0 Å². The molecule has 0 aliphatic rings. The van der Waals surface area contributed by atoms with Gasteiger partial charge < -0.3 is 9.47 Å². The first-order valence-electron chi connectivity index (χ1n) is 17.0. The Morgan fingerprint density at radius 2 is 0.922 bits per heavy atom. The van der Waals surface area contributed by atoms with Gasteiger partial charge in [0.2, 0.25) is 0 Å². The van der Waals surface area contributed by atoms with Gasteiger partial charge in [-0.05, 0) is 139 Å². The number of allylic oxidation sites excluding steroid dienone is 2. The lowest BCUT2D eigenvalue weighted by atomic mass is 10.1. The Kier molecular flexibility index (Phi) is 13.4. The van der Waals surface area contributed by atoms with Crippen LogP contribution in [0.15, 0.2) is 167 Å². The Morgan fingerprint density at radius 3 is 1.31 bits per heavy atom. The normalized spacial score (nSPS) is 12.0. The van der Waals surface area contributed by atoms with Gasteiger partial charge in [-0.25, -0.2) is 0 Å². The van der Waals surface area contributed by atoms with Crippen LogP contribution in [-0.4, -0.2) is 24.6 Å². The summed E-state index contributed by atoms with van der Waals surface area (Å²) >= 11 is 3.39. The van der Waals surface area contributed by atoms with Gasteiger partial charge in [0, 0.05) is 20.9 Å².